The number of ether oxygens (including phenoxy) is 1. The monoisotopic (exact) mass is 297 g/mol. The molecule has 0 aliphatic rings. The van der Waals surface area contributed by atoms with Gasteiger partial charge in [-0.2, -0.15) is 0 Å². The highest BCUT2D eigenvalue weighted by Crippen LogP contribution is 2.30. The van der Waals surface area contributed by atoms with Crippen molar-refractivity contribution in [3.63, 3.8) is 0 Å². The molecule has 0 radical (unpaired) electrons. The van der Waals surface area contributed by atoms with Gasteiger partial charge in [0.15, 0.2) is 0 Å². The molecule has 4 nitrogen and oxygen atoms in total. The zero-order valence-corrected chi connectivity index (χ0v) is 12.2. The molecule has 21 heavy (non-hydrogen) atoms. The van der Waals surface area contributed by atoms with E-state index in [1.165, 1.54) is 0 Å². The summed E-state index contributed by atoms with van der Waals surface area (Å²) < 4.78 is 5.55. The molecule has 2 heterocycles. The lowest BCUT2D eigenvalue weighted by Gasteiger charge is -2.05. The second-order valence-corrected chi connectivity index (χ2v) is 5.30. The van der Waals surface area contributed by atoms with Crippen LogP contribution in [0, 0.1) is 0 Å². The number of rotatable bonds is 5. The first-order valence-electron chi connectivity index (χ1n) is 6.66. The Labute approximate surface area is 127 Å². The van der Waals surface area contributed by atoms with E-state index >= 15 is 0 Å². The highest BCUT2D eigenvalue weighted by atomic mass is 32.1. The van der Waals surface area contributed by atoms with Crippen LogP contribution in [0.15, 0.2) is 54.2 Å². The molecule has 2 N–H and O–H groups in total. The molecular formula is C16H15N3OS. The van der Waals surface area contributed by atoms with Crippen LogP contribution in [0.2, 0.25) is 0 Å². The Hall–Kier alpha value is -2.24. The van der Waals surface area contributed by atoms with E-state index in [9.17, 15) is 0 Å². The minimum Gasteiger partial charge on any atom is -0.492 e. The molecule has 0 bridgehead atoms. The normalized spacial score (nSPS) is 10.5. The van der Waals surface area contributed by atoms with Crippen LogP contribution in [-0.4, -0.2) is 23.1 Å². The van der Waals surface area contributed by atoms with Gasteiger partial charge in [0, 0.05) is 35.4 Å². The lowest BCUT2D eigenvalue weighted by molar-refractivity contribution is 0.328. The van der Waals surface area contributed by atoms with Crippen LogP contribution in [0.3, 0.4) is 0 Å². The van der Waals surface area contributed by atoms with Crippen molar-refractivity contribution in [2.24, 2.45) is 5.73 Å². The smallest absolute Gasteiger partial charge is 0.124 e. The summed E-state index contributed by atoms with van der Waals surface area (Å²) in [6.07, 6.45) is 3.55. The number of aromatic nitrogens is 2. The van der Waals surface area contributed by atoms with Gasteiger partial charge in [-0.25, -0.2) is 4.98 Å². The van der Waals surface area contributed by atoms with Gasteiger partial charge in [-0.05, 0) is 24.3 Å². The first-order valence-corrected chi connectivity index (χ1v) is 7.54. The number of pyridine rings is 1. The summed E-state index contributed by atoms with van der Waals surface area (Å²) in [6.45, 7) is 1.02. The van der Waals surface area contributed by atoms with Gasteiger partial charge in [0.2, 0.25) is 0 Å². The second kappa shape index (κ2) is 6.47. The third kappa shape index (κ3) is 3.26. The van der Waals surface area contributed by atoms with Crippen molar-refractivity contribution in [2.45, 2.75) is 0 Å². The summed E-state index contributed by atoms with van der Waals surface area (Å²) in [5, 5.41) is 3.04. The van der Waals surface area contributed by atoms with Gasteiger partial charge in [0.25, 0.3) is 0 Å². The standard InChI is InChI=1S/C16H15N3OS/c17-6-9-20-14-3-1-2-13(10-14)15-11-21-16(19-15)12-4-7-18-8-5-12/h1-5,7-8,10-11H,6,9,17H2. The maximum atomic E-state index is 5.55. The fraction of sp³-hybridized carbons (Fsp3) is 0.125. The summed E-state index contributed by atoms with van der Waals surface area (Å²) in [7, 11) is 0. The van der Waals surface area contributed by atoms with E-state index in [2.05, 4.69) is 15.3 Å². The highest BCUT2D eigenvalue weighted by molar-refractivity contribution is 7.13. The fourth-order valence-corrected chi connectivity index (χ4v) is 2.79. The highest BCUT2D eigenvalue weighted by Gasteiger charge is 2.07. The molecule has 0 aliphatic heterocycles. The summed E-state index contributed by atoms with van der Waals surface area (Å²) in [5.41, 5.74) is 8.52. The van der Waals surface area contributed by atoms with Gasteiger partial charge in [0.05, 0.1) is 5.69 Å². The Morgan fingerprint density at radius 2 is 1.95 bits per heavy atom. The molecule has 2 aromatic heterocycles. The molecule has 0 fully saturated rings. The molecule has 5 heteroatoms. The van der Waals surface area contributed by atoms with Gasteiger partial charge in [0.1, 0.15) is 17.4 Å². The van der Waals surface area contributed by atoms with Crippen LogP contribution in [0.25, 0.3) is 21.8 Å². The maximum Gasteiger partial charge on any atom is 0.124 e. The molecule has 0 unspecified atom stereocenters. The number of thiazole rings is 1. The third-order valence-corrected chi connectivity index (χ3v) is 3.84. The first-order chi connectivity index (χ1) is 10.4. The van der Waals surface area contributed by atoms with Gasteiger partial charge in [-0.3, -0.25) is 4.98 Å². The van der Waals surface area contributed by atoms with Crippen LogP contribution in [0.5, 0.6) is 5.75 Å². The van der Waals surface area contributed by atoms with E-state index in [0.717, 1.165) is 27.6 Å². The minimum atomic E-state index is 0.507. The van der Waals surface area contributed by atoms with Crippen molar-refractivity contribution in [1.29, 1.82) is 0 Å². The van der Waals surface area contributed by atoms with Crippen molar-refractivity contribution in [3.05, 3.63) is 54.2 Å². The van der Waals surface area contributed by atoms with E-state index in [-0.39, 0.29) is 0 Å². The minimum absolute atomic E-state index is 0.507. The molecule has 0 spiro atoms. The van der Waals surface area contributed by atoms with Gasteiger partial charge in [-0.1, -0.05) is 12.1 Å². The van der Waals surface area contributed by atoms with Crippen molar-refractivity contribution < 1.29 is 4.74 Å². The van der Waals surface area contributed by atoms with Gasteiger partial charge < -0.3 is 10.5 Å². The molecular weight excluding hydrogens is 282 g/mol. The van der Waals surface area contributed by atoms with Gasteiger partial charge in [-0.15, -0.1) is 11.3 Å². The molecule has 1 aromatic carbocycles. The zero-order valence-electron chi connectivity index (χ0n) is 11.4. The van der Waals surface area contributed by atoms with E-state index in [0.29, 0.717) is 13.2 Å². The summed E-state index contributed by atoms with van der Waals surface area (Å²) in [5.74, 6) is 0.816. The lowest BCUT2D eigenvalue weighted by Crippen LogP contribution is -2.10. The molecule has 0 aliphatic carbocycles. The van der Waals surface area contributed by atoms with Crippen molar-refractivity contribution in [3.8, 4) is 27.6 Å². The lowest BCUT2D eigenvalue weighted by atomic mass is 10.1. The molecule has 3 rings (SSSR count). The summed E-state index contributed by atoms with van der Waals surface area (Å²) in [6, 6.07) is 11.8. The number of hydrogen-bond donors (Lipinski definition) is 1. The summed E-state index contributed by atoms with van der Waals surface area (Å²) in [4.78, 5) is 8.71. The molecule has 0 saturated carbocycles. The Bertz CT molecular complexity index is 712. The van der Waals surface area contributed by atoms with Crippen LogP contribution in [-0.2, 0) is 0 Å². The predicted molar refractivity (Wildman–Crippen MR) is 85.3 cm³/mol. The van der Waals surface area contributed by atoms with E-state index < -0.39 is 0 Å². The Morgan fingerprint density at radius 3 is 2.76 bits per heavy atom. The van der Waals surface area contributed by atoms with Crippen molar-refractivity contribution in [2.75, 3.05) is 13.2 Å². The summed E-state index contributed by atoms with van der Waals surface area (Å²) >= 11 is 1.62. The maximum absolute atomic E-state index is 5.55. The number of benzene rings is 1. The molecule has 0 amide bonds. The quantitative estimate of drug-likeness (QED) is 0.785. The average molecular weight is 297 g/mol. The van der Waals surface area contributed by atoms with Gasteiger partial charge >= 0.3 is 0 Å². The van der Waals surface area contributed by atoms with Crippen LogP contribution in [0.4, 0.5) is 0 Å². The molecule has 106 valence electrons. The Morgan fingerprint density at radius 1 is 1.10 bits per heavy atom. The number of nitrogens with two attached hydrogens (primary N) is 1. The van der Waals surface area contributed by atoms with E-state index in [4.69, 9.17) is 10.5 Å². The van der Waals surface area contributed by atoms with E-state index in [1.54, 1.807) is 23.7 Å². The van der Waals surface area contributed by atoms with Crippen molar-refractivity contribution in [1.82, 2.24) is 9.97 Å². The number of hydrogen-bond acceptors (Lipinski definition) is 5. The SMILES string of the molecule is NCCOc1cccc(-c2csc(-c3ccncc3)n2)c1. The molecule has 0 atom stereocenters. The predicted octanol–water partition coefficient (Wildman–Crippen LogP) is 3.21. The topological polar surface area (TPSA) is 61.0 Å². The third-order valence-electron chi connectivity index (χ3n) is 2.95. The van der Waals surface area contributed by atoms with E-state index in [1.807, 2.05) is 36.4 Å². The molecule has 0 saturated heterocycles. The average Bonchev–Trinajstić information content (AvgIpc) is 3.04. The fourth-order valence-electron chi connectivity index (χ4n) is 1.96. The number of nitrogens with zero attached hydrogens (tertiary/aromatic N) is 2. The second-order valence-electron chi connectivity index (χ2n) is 4.44. The zero-order chi connectivity index (χ0) is 14.5. The van der Waals surface area contributed by atoms with Crippen LogP contribution >= 0.6 is 11.3 Å². The Kier molecular flexibility index (Phi) is 4.23. The largest absolute Gasteiger partial charge is 0.492 e. The van der Waals surface area contributed by atoms with Crippen LogP contribution in [0.1, 0.15) is 0 Å². The van der Waals surface area contributed by atoms with Crippen molar-refractivity contribution >= 4 is 11.3 Å². The molecule has 3 aromatic rings. The van der Waals surface area contributed by atoms with Crippen LogP contribution < -0.4 is 10.5 Å². The Balaban J connectivity index is 1.86. The first kappa shape index (κ1) is 13.7.